The van der Waals surface area contributed by atoms with Crippen LogP contribution in [-0.4, -0.2) is 15.9 Å². The standard InChI is InChI=1S/C18H16N4O/c1-11-2-3-14(9-21-11)16-8-15(10-22-17(16)19)12-4-6-13(7-5-12)18(20)23/h2-10H,1H3,(H2,19,22)(H2,20,23). The molecular formula is C18H16N4O. The van der Waals surface area contributed by atoms with Crippen LogP contribution in [0.2, 0.25) is 0 Å². The Labute approximate surface area is 134 Å². The summed E-state index contributed by atoms with van der Waals surface area (Å²) in [4.78, 5) is 19.7. The Morgan fingerprint density at radius 1 is 0.913 bits per heavy atom. The van der Waals surface area contributed by atoms with Gasteiger partial charge in [0.1, 0.15) is 5.82 Å². The van der Waals surface area contributed by atoms with Gasteiger partial charge in [0.05, 0.1) is 0 Å². The van der Waals surface area contributed by atoms with E-state index in [0.29, 0.717) is 11.4 Å². The van der Waals surface area contributed by atoms with E-state index in [4.69, 9.17) is 11.5 Å². The predicted molar refractivity (Wildman–Crippen MR) is 90.6 cm³/mol. The van der Waals surface area contributed by atoms with Crippen LogP contribution in [0.5, 0.6) is 0 Å². The van der Waals surface area contributed by atoms with Gasteiger partial charge in [-0.1, -0.05) is 18.2 Å². The number of primary amides is 1. The Morgan fingerprint density at radius 2 is 1.57 bits per heavy atom. The van der Waals surface area contributed by atoms with Gasteiger partial charge in [-0.25, -0.2) is 4.98 Å². The number of nitrogens with two attached hydrogens (primary N) is 2. The van der Waals surface area contributed by atoms with Crippen LogP contribution in [0.3, 0.4) is 0 Å². The van der Waals surface area contributed by atoms with Crippen molar-refractivity contribution >= 4 is 11.7 Å². The maximum absolute atomic E-state index is 11.1. The SMILES string of the molecule is Cc1ccc(-c2cc(-c3ccc(C(N)=O)cc3)cnc2N)cn1. The molecule has 23 heavy (non-hydrogen) atoms. The fourth-order valence-electron chi connectivity index (χ4n) is 2.32. The third-order valence-electron chi connectivity index (χ3n) is 3.64. The number of hydrogen-bond acceptors (Lipinski definition) is 4. The van der Waals surface area contributed by atoms with Gasteiger partial charge < -0.3 is 11.5 Å². The molecule has 5 heteroatoms. The van der Waals surface area contributed by atoms with Crippen LogP contribution in [0.25, 0.3) is 22.3 Å². The number of rotatable bonds is 3. The molecular weight excluding hydrogens is 288 g/mol. The van der Waals surface area contributed by atoms with Crippen molar-refractivity contribution in [3.05, 3.63) is 66.1 Å². The minimum absolute atomic E-state index is 0.446. The zero-order valence-electron chi connectivity index (χ0n) is 12.7. The van der Waals surface area contributed by atoms with Gasteiger partial charge in [-0.2, -0.15) is 0 Å². The third-order valence-corrected chi connectivity index (χ3v) is 3.64. The maximum Gasteiger partial charge on any atom is 0.248 e. The highest BCUT2D eigenvalue weighted by molar-refractivity contribution is 5.93. The second kappa shape index (κ2) is 5.88. The van der Waals surface area contributed by atoms with E-state index < -0.39 is 5.91 Å². The average Bonchev–Trinajstić information content (AvgIpc) is 2.56. The van der Waals surface area contributed by atoms with E-state index in [1.807, 2.05) is 37.3 Å². The molecule has 0 fully saturated rings. The summed E-state index contributed by atoms with van der Waals surface area (Å²) < 4.78 is 0. The van der Waals surface area contributed by atoms with Crippen molar-refractivity contribution in [1.29, 1.82) is 0 Å². The van der Waals surface area contributed by atoms with Gasteiger partial charge >= 0.3 is 0 Å². The molecule has 2 heterocycles. The van der Waals surface area contributed by atoms with Crippen LogP contribution in [-0.2, 0) is 0 Å². The van der Waals surface area contributed by atoms with E-state index in [9.17, 15) is 4.79 Å². The molecule has 114 valence electrons. The second-order valence-electron chi connectivity index (χ2n) is 5.29. The fourth-order valence-corrected chi connectivity index (χ4v) is 2.32. The van der Waals surface area contributed by atoms with Gasteiger partial charge in [-0.3, -0.25) is 9.78 Å². The van der Waals surface area contributed by atoms with E-state index in [1.165, 1.54) is 0 Å². The molecule has 0 atom stereocenters. The largest absolute Gasteiger partial charge is 0.383 e. The molecule has 1 amide bonds. The van der Waals surface area contributed by atoms with Gasteiger partial charge in [0.25, 0.3) is 0 Å². The molecule has 1 aromatic carbocycles. The summed E-state index contributed by atoms with van der Waals surface area (Å²) in [5.41, 5.74) is 16.3. The first kappa shape index (κ1) is 14.7. The Bertz CT molecular complexity index is 855. The summed E-state index contributed by atoms with van der Waals surface area (Å²) in [6, 6.07) is 12.9. The highest BCUT2D eigenvalue weighted by Gasteiger charge is 2.08. The molecule has 4 N–H and O–H groups in total. The molecule has 0 aliphatic carbocycles. The molecule has 0 bridgehead atoms. The van der Waals surface area contributed by atoms with Crippen molar-refractivity contribution in [2.24, 2.45) is 5.73 Å². The van der Waals surface area contributed by atoms with Crippen LogP contribution in [0.1, 0.15) is 16.1 Å². The molecule has 0 aliphatic heterocycles. The average molecular weight is 304 g/mol. The molecule has 0 saturated carbocycles. The van der Waals surface area contributed by atoms with Crippen molar-refractivity contribution in [3.8, 4) is 22.3 Å². The van der Waals surface area contributed by atoms with E-state index >= 15 is 0 Å². The number of anilines is 1. The monoisotopic (exact) mass is 304 g/mol. The normalized spacial score (nSPS) is 10.5. The number of benzene rings is 1. The number of pyridine rings is 2. The van der Waals surface area contributed by atoms with E-state index in [1.54, 1.807) is 24.5 Å². The molecule has 3 rings (SSSR count). The van der Waals surface area contributed by atoms with Crippen molar-refractivity contribution in [3.63, 3.8) is 0 Å². The van der Waals surface area contributed by atoms with Crippen molar-refractivity contribution in [2.75, 3.05) is 5.73 Å². The highest BCUT2D eigenvalue weighted by Crippen LogP contribution is 2.29. The number of aromatic nitrogens is 2. The summed E-state index contributed by atoms with van der Waals surface area (Å²) in [6.07, 6.45) is 3.49. The van der Waals surface area contributed by atoms with Gasteiger partial charge in [-0.15, -0.1) is 0 Å². The minimum atomic E-state index is -0.446. The lowest BCUT2D eigenvalue weighted by molar-refractivity contribution is 0.100. The Hall–Kier alpha value is -3.21. The van der Waals surface area contributed by atoms with Crippen molar-refractivity contribution in [2.45, 2.75) is 6.92 Å². The van der Waals surface area contributed by atoms with Gasteiger partial charge in [-0.05, 0) is 36.8 Å². The van der Waals surface area contributed by atoms with Gasteiger partial charge in [0.15, 0.2) is 0 Å². The van der Waals surface area contributed by atoms with E-state index in [-0.39, 0.29) is 0 Å². The second-order valence-corrected chi connectivity index (χ2v) is 5.29. The van der Waals surface area contributed by atoms with Crippen LogP contribution < -0.4 is 11.5 Å². The Kier molecular flexibility index (Phi) is 3.76. The predicted octanol–water partition coefficient (Wildman–Crippen LogP) is 2.80. The molecule has 0 radical (unpaired) electrons. The topological polar surface area (TPSA) is 94.9 Å². The Morgan fingerprint density at radius 3 is 2.17 bits per heavy atom. The van der Waals surface area contributed by atoms with Crippen LogP contribution in [0, 0.1) is 6.92 Å². The zero-order valence-corrected chi connectivity index (χ0v) is 12.7. The highest BCUT2D eigenvalue weighted by atomic mass is 16.1. The van der Waals surface area contributed by atoms with Crippen LogP contribution in [0.4, 0.5) is 5.82 Å². The smallest absolute Gasteiger partial charge is 0.248 e. The van der Waals surface area contributed by atoms with Gasteiger partial charge in [0, 0.05) is 40.3 Å². The lowest BCUT2D eigenvalue weighted by Crippen LogP contribution is -2.10. The third kappa shape index (κ3) is 3.03. The number of carbonyl (C=O) groups is 1. The summed E-state index contributed by atoms with van der Waals surface area (Å²) in [7, 11) is 0. The number of nitrogen functional groups attached to an aromatic ring is 1. The fraction of sp³-hybridized carbons (Fsp3) is 0.0556. The molecule has 0 unspecified atom stereocenters. The minimum Gasteiger partial charge on any atom is -0.383 e. The van der Waals surface area contributed by atoms with Crippen molar-refractivity contribution in [1.82, 2.24) is 9.97 Å². The lowest BCUT2D eigenvalue weighted by atomic mass is 10.0. The number of nitrogens with zero attached hydrogens (tertiary/aromatic N) is 2. The lowest BCUT2D eigenvalue weighted by Gasteiger charge is -2.09. The van der Waals surface area contributed by atoms with E-state index in [0.717, 1.165) is 27.9 Å². The summed E-state index contributed by atoms with van der Waals surface area (Å²) >= 11 is 0. The molecule has 0 spiro atoms. The maximum atomic E-state index is 11.1. The number of hydrogen-bond donors (Lipinski definition) is 2. The summed E-state index contributed by atoms with van der Waals surface area (Å²) in [5, 5.41) is 0. The quantitative estimate of drug-likeness (QED) is 0.777. The van der Waals surface area contributed by atoms with Crippen LogP contribution in [0.15, 0.2) is 54.9 Å². The summed E-state index contributed by atoms with van der Waals surface area (Å²) in [6.45, 7) is 1.93. The number of amides is 1. The molecule has 5 nitrogen and oxygen atoms in total. The van der Waals surface area contributed by atoms with E-state index in [2.05, 4.69) is 9.97 Å². The Balaban J connectivity index is 2.03. The summed E-state index contributed by atoms with van der Waals surface area (Å²) in [5.74, 6) is 0.00607. The van der Waals surface area contributed by atoms with Gasteiger partial charge in [0.2, 0.25) is 5.91 Å². The first-order valence-corrected chi connectivity index (χ1v) is 7.13. The molecule has 0 aliphatic rings. The van der Waals surface area contributed by atoms with Crippen molar-refractivity contribution < 1.29 is 4.79 Å². The molecule has 0 saturated heterocycles. The number of aryl methyl sites for hydroxylation is 1. The first-order valence-electron chi connectivity index (χ1n) is 7.13. The first-order chi connectivity index (χ1) is 11.0. The zero-order chi connectivity index (χ0) is 16.4. The molecule has 3 aromatic rings. The molecule has 2 aromatic heterocycles. The van der Waals surface area contributed by atoms with Crippen LogP contribution >= 0.6 is 0 Å². The number of carbonyl (C=O) groups excluding carboxylic acids is 1.